The molecule has 0 fully saturated rings. The summed E-state index contributed by atoms with van der Waals surface area (Å²) in [4.78, 5) is 2.31. The molecule has 1 aromatic heterocycles. The molecule has 2 heterocycles. The third kappa shape index (κ3) is 2.26. The summed E-state index contributed by atoms with van der Waals surface area (Å²) in [7, 11) is 0. The van der Waals surface area contributed by atoms with Crippen molar-refractivity contribution in [3.05, 3.63) is 76.5 Å². The first kappa shape index (κ1) is 14.1. The van der Waals surface area contributed by atoms with Crippen molar-refractivity contribution in [3.8, 4) is 0 Å². The quantitative estimate of drug-likeness (QED) is 0.567. The molecule has 2 heteroatoms. The Hall–Kier alpha value is -2.48. The number of rotatable bonds is 1. The zero-order valence-corrected chi connectivity index (χ0v) is 13.9. The van der Waals surface area contributed by atoms with Crippen molar-refractivity contribution in [1.82, 2.24) is 0 Å². The first-order valence-corrected chi connectivity index (χ1v) is 8.17. The molecule has 23 heavy (non-hydrogen) atoms. The molecule has 0 saturated carbocycles. The Labute approximate surface area is 137 Å². The molecule has 0 spiro atoms. The van der Waals surface area contributed by atoms with Gasteiger partial charge in [0.1, 0.15) is 0 Å². The minimum absolute atomic E-state index is 0.963. The third-order valence-electron chi connectivity index (χ3n) is 4.68. The van der Waals surface area contributed by atoms with Gasteiger partial charge in [0.05, 0.1) is 17.6 Å². The largest absolute Gasteiger partial charge is 0.448 e. The number of furan rings is 1. The van der Waals surface area contributed by atoms with Gasteiger partial charge >= 0.3 is 0 Å². The molecule has 116 valence electrons. The van der Waals surface area contributed by atoms with Crippen LogP contribution in [0, 0.1) is 20.8 Å². The van der Waals surface area contributed by atoms with Crippen LogP contribution in [0.4, 0.5) is 17.3 Å². The number of fused-ring (bicyclic) bond motifs is 2. The maximum atomic E-state index is 5.93. The second-order valence-corrected chi connectivity index (χ2v) is 6.46. The van der Waals surface area contributed by atoms with Crippen LogP contribution in [0.2, 0.25) is 0 Å². The number of anilines is 3. The lowest BCUT2D eigenvalue weighted by Crippen LogP contribution is -2.13. The summed E-state index contributed by atoms with van der Waals surface area (Å²) in [6.45, 7) is 6.52. The van der Waals surface area contributed by atoms with Gasteiger partial charge in [0, 0.05) is 5.56 Å². The highest BCUT2D eigenvalue weighted by atomic mass is 16.3. The Morgan fingerprint density at radius 2 is 1.57 bits per heavy atom. The van der Waals surface area contributed by atoms with Crippen LogP contribution >= 0.6 is 0 Å². The van der Waals surface area contributed by atoms with Crippen molar-refractivity contribution < 1.29 is 4.42 Å². The second-order valence-electron chi connectivity index (χ2n) is 6.46. The lowest BCUT2D eigenvalue weighted by Gasteiger charge is -2.27. The van der Waals surface area contributed by atoms with Gasteiger partial charge < -0.3 is 4.42 Å². The number of para-hydroxylation sites is 1. The maximum Gasteiger partial charge on any atom is 0.207 e. The van der Waals surface area contributed by atoms with Crippen molar-refractivity contribution in [1.29, 1.82) is 0 Å². The molecule has 0 atom stereocenters. The molecule has 0 aliphatic carbocycles. The lowest BCUT2D eigenvalue weighted by molar-refractivity contribution is 0.571. The summed E-state index contributed by atoms with van der Waals surface area (Å²) in [5, 5.41) is 0. The summed E-state index contributed by atoms with van der Waals surface area (Å²) < 4.78 is 5.93. The van der Waals surface area contributed by atoms with Gasteiger partial charge in [-0.15, -0.1) is 0 Å². The fourth-order valence-corrected chi connectivity index (χ4v) is 3.78. The summed E-state index contributed by atoms with van der Waals surface area (Å²) in [5.41, 5.74) is 8.98. The molecule has 4 rings (SSSR count). The van der Waals surface area contributed by atoms with Gasteiger partial charge in [0.25, 0.3) is 0 Å². The third-order valence-corrected chi connectivity index (χ3v) is 4.68. The Balaban J connectivity index is 2.02. The topological polar surface area (TPSA) is 16.4 Å². The van der Waals surface area contributed by atoms with E-state index in [4.69, 9.17) is 4.42 Å². The monoisotopic (exact) mass is 303 g/mol. The lowest BCUT2D eigenvalue weighted by atomic mass is 10.0. The number of nitrogens with zero attached hydrogens (tertiary/aromatic N) is 1. The molecule has 0 N–H and O–H groups in total. The van der Waals surface area contributed by atoms with E-state index in [1.54, 1.807) is 0 Å². The average molecular weight is 303 g/mol. The first-order chi connectivity index (χ1) is 11.1. The van der Waals surface area contributed by atoms with Crippen molar-refractivity contribution in [2.75, 3.05) is 4.90 Å². The molecule has 1 aliphatic rings. The van der Waals surface area contributed by atoms with E-state index in [1.165, 1.54) is 39.2 Å². The van der Waals surface area contributed by atoms with Gasteiger partial charge in [-0.25, -0.2) is 0 Å². The normalized spacial score (nSPS) is 13.4. The van der Waals surface area contributed by atoms with Gasteiger partial charge in [-0.3, -0.25) is 4.90 Å². The van der Waals surface area contributed by atoms with Crippen LogP contribution in [0.15, 0.2) is 53.1 Å². The average Bonchev–Trinajstić information content (AvgIpc) is 2.92. The minimum Gasteiger partial charge on any atom is -0.448 e. The SMILES string of the molecule is Cc1cc(C)c(N2c3ccccc3CCc3ccoc32)c(C)c1. The summed E-state index contributed by atoms with van der Waals surface area (Å²) >= 11 is 0. The van der Waals surface area contributed by atoms with Crippen molar-refractivity contribution in [2.45, 2.75) is 33.6 Å². The predicted octanol–water partition coefficient (Wildman–Crippen LogP) is 5.77. The molecule has 1 aliphatic heterocycles. The van der Waals surface area contributed by atoms with Gasteiger partial charge in [-0.05, 0) is 62.4 Å². The molecule has 0 amide bonds. The van der Waals surface area contributed by atoms with Gasteiger partial charge in [0.2, 0.25) is 5.88 Å². The van der Waals surface area contributed by atoms with Crippen LogP contribution in [0.25, 0.3) is 0 Å². The highest BCUT2D eigenvalue weighted by Crippen LogP contribution is 2.44. The van der Waals surface area contributed by atoms with E-state index in [0.717, 1.165) is 18.7 Å². The van der Waals surface area contributed by atoms with Crippen molar-refractivity contribution >= 4 is 17.3 Å². The number of benzene rings is 2. The van der Waals surface area contributed by atoms with Crippen LogP contribution in [-0.4, -0.2) is 0 Å². The van der Waals surface area contributed by atoms with E-state index in [2.05, 4.69) is 68.1 Å². The highest BCUT2D eigenvalue weighted by molar-refractivity contribution is 5.82. The molecule has 2 nitrogen and oxygen atoms in total. The van der Waals surface area contributed by atoms with Crippen LogP contribution in [-0.2, 0) is 12.8 Å². The fourth-order valence-electron chi connectivity index (χ4n) is 3.78. The van der Waals surface area contributed by atoms with E-state index in [0.29, 0.717) is 0 Å². The standard InChI is InChI=1S/C21H21NO/c1-14-12-15(2)20(16(3)13-14)22-19-7-5-4-6-17(19)8-9-18-10-11-23-21(18)22/h4-7,10-13H,8-9H2,1-3H3. The van der Waals surface area contributed by atoms with Crippen LogP contribution in [0.5, 0.6) is 0 Å². The van der Waals surface area contributed by atoms with Gasteiger partial charge in [0.15, 0.2) is 0 Å². The summed E-state index contributed by atoms with van der Waals surface area (Å²) in [5.74, 6) is 0.963. The Bertz CT molecular complexity index is 852. The Morgan fingerprint density at radius 3 is 2.35 bits per heavy atom. The molecular formula is C21H21NO. The van der Waals surface area contributed by atoms with Crippen molar-refractivity contribution in [3.63, 3.8) is 0 Å². The van der Waals surface area contributed by atoms with E-state index in [9.17, 15) is 0 Å². The van der Waals surface area contributed by atoms with Crippen LogP contribution in [0.1, 0.15) is 27.8 Å². The van der Waals surface area contributed by atoms with E-state index in [-0.39, 0.29) is 0 Å². The van der Waals surface area contributed by atoms with Crippen molar-refractivity contribution in [2.24, 2.45) is 0 Å². The van der Waals surface area contributed by atoms with E-state index in [1.807, 2.05) is 6.26 Å². The molecule has 3 aromatic rings. The van der Waals surface area contributed by atoms with Gasteiger partial charge in [-0.2, -0.15) is 0 Å². The zero-order chi connectivity index (χ0) is 16.0. The minimum atomic E-state index is 0.963. The Morgan fingerprint density at radius 1 is 0.870 bits per heavy atom. The second kappa shape index (κ2) is 5.31. The summed E-state index contributed by atoms with van der Waals surface area (Å²) in [6, 6.07) is 15.3. The molecule has 2 aromatic carbocycles. The number of hydrogen-bond acceptors (Lipinski definition) is 2. The number of hydrogen-bond donors (Lipinski definition) is 0. The van der Waals surface area contributed by atoms with E-state index >= 15 is 0 Å². The first-order valence-electron chi connectivity index (χ1n) is 8.17. The fraction of sp³-hybridized carbons (Fsp3) is 0.238. The van der Waals surface area contributed by atoms with E-state index < -0.39 is 0 Å². The smallest absolute Gasteiger partial charge is 0.207 e. The molecular weight excluding hydrogens is 282 g/mol. The molecule has 0 bridgehead atoms. The zero-order valence-electron chi connectivity index (χ0n) is 13.9. The molecule has 0 radical (unpaired) electrons. The summed E-state index contributed by atoms with van der Waals surface area (Å²) in [6.07, 6.45) is 3.87. The maximum absolute atomic E-state index is 5.93. The Kier molecular flexibility index (Phi) is 3.26. The highest BCUT2D eigenvalue weighted by Gasteiger charge is 2.26. The van der Waals surface area contributed by atoms with Gasteiger partial charge in [-0.1, -0.05) is 35.9 Å². The van der Waals surface area contributed by atoms with Crippen LogP contribution in [0.3, 0.4) is 0 Å². The van der Waals surface area contributed by atoms with Crippen LogP contribution < -0.4 is 4.90 Å². The molecule has 0 saturated heterocycles. The molecule has 0 unspecified atom stereocenters. The number of aryl methyl sites for hydroxylation is 5. The predicted molar refractivity (Wildman–Crippen MR) is 95.0 cm³/mol.